The van der Waals surface area contributed by atoms with Gasteiger partial charge in [0.25, 0.3) is 0 Å². The maximum Gasteiger partial charge on any atom is 0.205 e. The van der Waals surface area contributed by atoms with Gasteiger partial charge in [0, 0.05) is 18.4 Å². The highest BCUT2D eigenvalue weighted by Crippen LogP contribution is 2.45. The number of nitrogens with two attached hydrogens (primary N) is 1. The second kappa shape index (κ2) is 9.19. The molecule has 164 valence electrons. The first-order valence-corrected chi connectivity index (χ1v) is 10.8. The molecule has 0 aromatic heterocycles. The number of benzene rings is 2. The summed E-state index contributed by atoms with van der Waals surface area (Å²) < 4.78 is 17.5. The van der Waals surface area contributed by atoms with Gasteiger partial charge in [0.15, 0.2) is 17.3 Å². The van der Waals surface area contributed by atoms with Gasteiger partial charge in [-0.05, 0) is 43.5 Å². The molecule has 6 heteroatoms. The summed E-state index contributed by atoms with van der Waals surface area (Å²) in [6, 6.07) is 15.8. The van der Waals surface area contributed by atoms with Gasteiger partial charge < -0.3 is 19.9 Å². The monoisotopic (exact) mass is 430 g/mol. The molecule has 6 nitrogen and oxygen atoms in total. The van der Waals surface area contributed by atoms with Gasteiger partial charge in [-0.3, -0.25) is 4.79 Å². The molecule has 2 aliphatic rings. The summed E-state index contributed by atoms with van der Waals surface area (Å²) in [5, 5.41) is 9.77. The Bertz CT molecular complexity index is 1140. The zero-order valence-corrected chi connectivity index (χ0v) is 18.3. The van der Waals surface area contributed by atoms with Crippen LogP contribution in [0.15, 0.2) is 65.3 Å². The Morgan fingerprint density at radius 2 is 1.91 bits per heavy atom. The summed E-state index contributed by atoms with van der Waals surface area (Å²) >= 11 is 0. The van der Waals surface area contributed by atoms with Crippen LogP contribution >= 0.6 is 0 Å². The molecule has 1 atom stereocenters. The first-order valence-electron chi connectivity index (χ1n) is 10.8. The van der Waals surface area contributed by atoms with E-state index in [0.717, 1.165) is 17.5 Å². The van der Waals surface area contributed by atoms with Gasteiger partial charge in [-0.2, -0.15) is 5.26 Å². The number of allylic oxidation sites excluding steroid dienone is 3. The Balaban J connectivity index is 1.69. The van der Waals surface area contributed by atoms with Crippen molar-refractivity contribution in [2.45, 2.75) is 45.6 Å². The predicted molar refractivity (Wildman–Crippen MR) is 120 cm³/mol. The smallest absolute Gasteiger partial charge is 0.205 e. The molecule has 2 aromatic carbocycles. The van der Waals surface area contributed by atoms with Crippen LogP contribution in [0.4, 0.5) is 0 Å². The fraction of sp³-hybridized carbons (Fsp3) is 0.308. The van der Waals surface area contributed by atoms with Crippen molar-refractivity contribution in [3.8, 4) is 17.6 Å². The van der Waals surface area contributed by atoms with Crippen molar-refractivity contribution < 1.29 is 19.0 Å². The zero-order valence-electron chi connectivity index (χ0n) is 18.3. The molecule has 0 saturated heterocycles. The van der Waals surface area contributed by atoms with Gasteiger partial charge in [-0.1, -0.05) is 35.9 Å². The van der Waals surface area contributed by atoms with Gasteiger partial charge in [0.2, 0.25) is 5.88 Å². The SMILES string of the molecule is CCOc1cc([C@H]2C(C#N)=C(N)OC3=C2C(=O)CCC3)ccc1OCc1ccc(C)cc1. The molecule has 0 unspecified atom stereocenters. The molecule has 0 radical (unpaired) electrons. The van der Waals surface area contributed by atoms with Crippen LogP contribution in [-0.2, 0) is 16.1 Å². The van der Waals surface area contributed by atoms with Gasteiger partial charge in [0.1, 0.15) is 24.0 Å². The van der Waals surface area contributed by atoms with Crippen molar-refractivity contribution in [3.63, 3.8) is 0 Å². The number of hydrogen-bond donors (Lipinski definition) is 1. The Morgan fingerprint density at radius 3 is 2.62 bits per heavy atom. The number of hydrogen-bond acceptors (Lipinski definition) is 6. The van der Waals surface area contributed by atoms with Crippen LogP contribution in [0.25, 0.3) is 0 Å². The lowest BCUT2D eigenvalue weighted by Gasteiger charge is -2.31. The van der Waals surface area contributed by atoms with E-state index in [0.29, 0.717) is 48.9 Å². The van der Waals surface area contributed by atoms with Gasteiger partial charge >= 0.3 is 0 Å². The third-order valence-electron chi connectivity index (χ3n) is 5.72. The maximum atomic E-state index is 12.8. The molecule has 1 aliphatic carbocycles. The van der Waals surface area contributed by atoms with Crippen LogP contribution in [0.5, 0.6) is 11.5 Å². The van der Waals surface area contributed by atoms with E-state index in [9.17, 15) is 10.1 Å². The summed E-state index contributed by atoms with van der Waals surface area (Å²) in [5.41, 5.74) is 9.82. The van der Waals surface area contributed by atoms with Crippen molar-refractivity contribution >= 4 is 5.78 Å². The lowest BCUT2D eigenvalue weighted by molar-refractivity contribution is -0.116. The lowest BCUT2D eigenvalue weighted by Crippen LogP contribution is -2.27. The minimum Gasteiger partial charge on any atom is -0.490 e. The van der Waals surface area contributed by atoms with E-state index in [1.807, 2.05) is 56.3 Å². The largest absolute Gasteiger partial charge is 0.490 e. The number of Topliss-reactive ketones (excluding diaryl/α,β-unsaturated/α-hetero) is 1. The van der Waals surface area contributed by atoms with Gasteiger partial charge in [-0.25, -0.2) is 0 Å². The van der Waals surface area contributed by atoms with E-state index in [-0.39, 0.29) is 17.2 Å². The maximum absolute atomic E-state index is 12.8. The van der Waals surface area contributed by atoms with E-state index >= 15 is 0 Å². The average molecular weight is 431 g/mol. The number of rotatable bonds is 6. The minimum atomic E-state index is -0.568. The van der Waals surface area contributed by atoms with Crippen molar-refractivity contribution in [1.82, 2.24) is 0 Å². The van der Waals surface area contributed by atoms with E-state index in [1.54, 1.807) is 0 Å². The third kappa shape index (κ3) is 4.19. The molecule has 0 amide bonds. The number of carbonyl (C=O) groups is 1. The molecule has 0 fully saturated rings. The second-order valence-corrected chi connectivity index (χ2v) is 7.95. The Kier molecular flexibility index (Phi) is 6.18. The summed E-state index contributed by atoms with van der Waals surface area (Å²) in [6.45, 7) is 4.80. The molecule has 0 saturated carbocycles. The van der Waals surface area contributed by atoms with Crippen LogP contribution in [0.1, 0.15) is 48.8 Å². The number of carbonyl (C=O) groups excluding carboxylic acids is 1. The zero-order chi connectivity index (χ0) is 22.7. The minimum absolute atomic E-state index is 0.00541. The van der Waals surface area contributed by atoms with Gasteiger partial charge in [0.05, 0.1) is 12.5 Å². The lowest BCUT2D eigenvalue weighted by atomic mass is 9.77. The fourth-order valence-corrected chi connectivity index (χ4v) is 4.13. The summed E-state index contributed by atoms with van der Waals surface area (Å²) in [7, 11) is 0. The Hall–Kier alpha value is -3.72. The normalized spacial score (nSPS) is 18.0. The quantitative estimate of drug-likeness (QED) is 0.708. The molecule has 4 rings (SSSR count). The van der Waals surface area contributed by atoms with E-state index in [1.165, 1.54) is 5.56 Å². The number of ether oxygens (including phenoxy) is 3. The highest BCUT2D eigenvalue weighted by atomic mass is 16.5. The first kappa shape index (κ1) is 21.5. The van der Waals surface area contributed by atoms with Gasteiger partial charge in [-0.15, -0.1) is 0 Å². The highest BCUT2D eigenvalue weighted by molar-refractivity contribution is 5.99. The molecule has 0 bridgehead atoms. The molecular weight excluding hydrogens is 404 g/mol. The topological polar surface area (TPSA) is 94.6 Å². The number of aryl methyl sites for hydroxylation is 1. The molecule has 1 aliphatic heterocycles. The molecule has 2 aromatic rings. The molecule has 2 N–H and O–H groups in total. The second-order valence-electron chi connectivity index (χ2n) is 7.95. The standard InChI is InChI=1S/C26H26N2O4/c1-3-30-23-13-18(11-12-21(23)31-15-17-9-7-16(2)8-10-17)24-19(14-27)26(28)32-22-6-4-5-20(29)25(22)24/h7-13,24H,3-6,15,28H2,1-2H3/t24-/m0/s1. The fourth-order valence-electron chi connectivity index (χ4n) is 4.13. The predicted octanol–water partition coefficient (Wildman–Crippen LogP) is 4.79. The molecule has 32 heavy (non-hydrogen) atoms. The van der Waals surface area contributed by atoms with Crippen molar-refractivity contribution in [1.29, 1.82) is 5.26 Å². The number of nitrogens with zero attached hydrogens (tertiary/aromatic N) is 1. The van der Waals surface area contributed by atoms with E-state index in [4.69, 9.17) is 19.9 Å². The Morgan fingerprint density at radius 1 is 1.12 bits per heavy atom. The van der Waals surface area contributed by atoms with Crippen molar-refractivity contribution in [2.24, 2.45) is 5.73 Å². The van der Waals surface area contributed by atoms with Crippen molar-refractivity contribution in [2.75, 3.05) is 6.61 Å². The Labute approximate surface area is 187 Å². The molecule has 1 heterocycles. The van der Waals surface area contributed by atoms with E-state index < -0.39 is 5.92 Å². The summed E-state index contributed by atoms with van der Waals surface area (Å²) in [4.78, 5) is 12.8. The molecule has 0 spiro atoms. The van der Waals surface area contributed by atoms with Crippen LogP contribution in [-0.4, -0.2) is 12.4 Å². The van der Waals surface area contributed by atoms with Crippen molar-refractivity contribution in [3.05, 3.63) is 81.9 Å². The van der Waals surface area contributed by atoms with Crippen LogP contribution < -0.4 is 15.2 Å². The summed E-state index contributed by atoms with van der Waals surface area (Å²) in [5.74, 6) is 1.22. The average Bonchev–Trinajstić information content (AvgIpc) is 2.79. The van der Waals surface area contributed by atoms with Crippen LogP contribution in [0, 0.1) is 18.3 Å². The number of nitriles is 1. The van der Waals surface area contributed by atoms with E-state index in [2.05, 4.69) is 6.07 Å². The highest BCUT2D eigenvalue weighted by Gasteiger charge is 2.38. The van der Waals surface area contributed by atoms with Crippen LogP contribution in [0.2, 0.25) is 0 Å². The van der Waals surface area contributed by atoms with Crippen LogP contribution in [0.3, 0.4) is 0 Å². The molecular formula is C26H26N2O4. The summed E-state index contributed by atoms with van der Waals surface area (Å²) in [6.07, 6.45) is 1.79. The third-order valence-corrected chi connectivity index (χ3v) is 5.72. The number of ketones is 1. The first-order chi connectivity index (χ1) is 15.5.